The van der Waals surface area contributed by atoms with Crippen LogP contribution in [0.4, 0.5) is 20.2 Å². The molecule has 0 fully saturated rings. The summed E-state index contributed by atoms with van der Waals surface area (Å²) < 4.78 is 26.6. The Hall–Kier alpha value is -2.08. The Morgan fingerprint density at radius 2 is 1.90 bits per heavy atom. The summed E-state index contributed by atoms with van der Waals surface area (Å²) in [7, 11) is 0. The predicted octanol–water partition coefficient (Wildman–Crippen LogP) is 3.67. The molecule has 0 aliphatic rings. The molecule has 0 bridgehead atoms. The van der Waals surface area contributed by atoms with Gasteiger partial charge in [0.05, 0.1) is 11.4 Å². The maximum absolute atomic E-state index is 13.3. The van der Waals surface area contributed by atoms with Gasteiger partial charge in [0.2, 0.25) is 5.91 Å². The lowest BCUT2D eigenvalue weighted by Gasteiger charge is -2.06. The Balaban J connectivity index is 1.82. The van der Waals surface area contributed by atoms with Crippen molar-refractivity contribution in [2.75, 3.05) is 16.8 Å². The molecule has 0 radical (unpaired) electrons. The monoisotopic (exact) mass is 308 g/mol. The summed E-state index contributed by atoms with van der Waals surface area (Å²) in [5.41, 5.74) is 5.63. The van der Waals surface area contributed by atoms with E-state index in [9.17, 15) is 13.6 Å². The quantitative estimate of drug-likeness (QED) is 0.654. The zero-order valence-corrected chi connectivity index (χ0v) is 11.9. The van der Waals surface area contributed by atoms with Crippen LogP contribution in [0.1, 0.15) is 6.42 Å². The third-order valence-electron chi connectivity index (χ3n) is 2.72. The van der Waals surface area contributed by atoms with E-state index in [1.54, 1.807) is 18.2 Å². The maximum Gasteiger partial charge on any atom is 0.225 e. The van der Waals surface area contributed by atoms with Gasteiger partial charge in [0.15, 0.2) is 0 Å². The number of amides is 1. The summed E-state index contributed by atoms with van der Waals surface area (Å²) in [6.45, 7) is 0. The third kappa shape index (κ3) is 4.46. The first-order valence-corrected chi connectivity index (χ1v) is 7.27. The number of nitrogen functional groups attached to an aromatic ring is 1. The van der Waals surface area contributed by atoms with E-state index < -0.39 is 11.6 Å². The molecule has 0 atom stereocenters. The summed E-state index contributed by atoms with van der Waals surface area (Å²) in [6, 6.07) is 10.5. The van der Waals surface area contributed by atoms with Crippen LogP contribution in [0.15, 0.2) is 47.4 Å². The second-order valence-corrected chi connectivity index (χ2v) is 5.48. The van der Waals surface area contributed by atoms with Crippen molar-refractivity contribution in [2.45, 2.75) is 11.3 Å². The van der Waals surface area contributed by atoms with Gasteiger partial charge in [-0.15, -0.1) is 11.8 Å². The third-order valence-corrected chi connectivity index (χ3v) is 3.71. The Morgan fingerprint density at radius 1 is 1.14 bits per heavy atom. The number of nitrogens with one attached hydrogen (secondary N) is 1. The Bertz CT molecular complexity index is 649. The lowest BCUT2D eigenvalue weighted by atomic mass is 10.3. The fraction of sp³-hybridized carbons (Fsp3) is 0.133. The number of para-hydroxylation sites is 1. The van der Waals surface area contributed by atoms with Crippen LogP contribution < -0.4 is 11.1 Å². The van der Waals surface area contributed by atoms with E-state index in [1.165, 1.54) is 36.0 Å². The van der Waals surface area contributed by atoms with Crippen LogP contribution in [0.2, 0.25) is 0 Å². The molecule has 6 heteroatoms. The molecule has 3 nitrogen and oxygen atoms in total. The number of anilines is 2. The molecule has 2 aromatic carbocycles. The standard InChI is InChI=1S/C15H14F2N2OS/c16-11-3-1-2-4-14(11)19-15(20)7-8-21-10-5-6-13(18)12(17)9-10/h1-6,9H,7-8,18H2,(H,19,20). The second-order valence-electron chi connectivity index (χ2n) is 4.31. The molecule has 0 saturated carbocycles. The molecule has 21 heavy (non-hydrogen) atoms. The summed E-state index contributed by atoms with van der Waals surface area (Å²) in [5, 5.41) is 2.50. The Labute approximate surface area is 125 Å². The molecule has 0 aromatic heterocycles. The number of hydrogen-bond acceptors (Lipinski definition) is 3. The first-order valence-electron chi connectivity index (χ1n) is 6.28. The van der Waals surface area contributed by atoms with E-state index in [0.29, 0.717) is 10.6 Å². The summed E-state index contributed by atoms with van der Waals surface area (Å²) in [5.74, 6) is -0.776. The molecule has 0 aliphatic heterocycles. The SMILES string of the molecule is Nc1ccc(SCCC(=O)Nc2ccccc2F)cc1F. The van der Waals surface area contributed by atoms with Gasteiger partial charge in [0, 0.05) is 17.1 Å². The number of thioether (sulfide) groups is 1. The van der Waals surface area contributed by atoms with E-state index in [0.717, 1.165) is 0 Å². The average molecular weight is 308 g/mol. The Morgan fingerprint density at radius 3 is 2.62 bits per heavy atom. The number of nitrogens with two attached hydrogens (primary N) is 1. The topological polar surface area (TPSA) is 55.1 Å². The number of carbonyl (C=O) groups is 1. The molecule has 110 valence electrons. The summed E-state index contributed by atoms with van der Waals surface area (Å²) in [6.07, 6.45) is 0.199. The zero-order chi connectivity index (χ0) is 15.2. The van der Waals surface area contributed by atoms with Crippen molar-refractivity contribution in [1.29, 1.82) is 0 Å². The maximum atomic E-state index is 13.3. The summed E-state index contributed by atoms with van der Waals surface area (Å²) >= 11 is 1.34. The number of carbonyl (C=O) groups excluding carboxylic acids is 1. The summed E-state index contributed by atoms with van der Waals surface area (Å²) in [4.78, 5) is 12.4. The zero-order valence-electron chi connectivity index (χ0n) is 11.1. The van der Waals surface area contributed by atoms with Gasteiger partial charge >= 0.3 is 0 Å². The number of rotatable bonds is 5. The van der Waals surface area contributed by atoms with Crippen LogP contribution in [0.25, 0.3) is 0 Å². The normalized spacial score (nSPS) is 10.4. The molecule has 2 rings (SSSR count). The van der Waals surface area contributed by atoms with E-state index in [4.69, 9.17) is 5.73 Å². The van der Waals surface area contributed by atoms with Crippen molar-refractivity contribution in [2.24, 2.45) is 0 Å². The van der Waals surface area contributed by atoms with E-state index in [-0.39, 0.29) is 23.7 Å². The number of hydrogen-bond donors (Lipinski definition) is 2. The number of benzene rings is 2. The van der Waals surface area contributed by atoms with Crippen LogP contribution in [0, 0.1) is 11.6 Å². The average Bonchev–Trinajstić information content (AvgIpc) is 2.45. The van der Waals surface area contributed by atoms with Crippen molar-refractivity contribution >= 4 is 29.0 Å². The fourth-order valence-electron chi connectivity index (χ4n) is 1.63. The molecule has 3 N–H and O–H groups in total. The van der Waals surface area contributed by atoms with Crippen LogP contribution in [0.3, 0.4) is 0 Å². The highest BCUT2D eigenvalue weighted by Gasteiger charge is 2.07. The minimum absolute atomic E-state index is 0.0941. The molecule has 0 unspecified atom stereocenters. The van der Waals surface area contributed by atoms with Gasteiger partial charge in [-0.2, -0.15) is 0 Å². The van der Waals surface area contributed by atoms with Gasteiger partial charge in [-0.25, -0.2) is 8.78 Å². The van der Waals surface area contributed by atoms with Gasteiger partial charge in [0.1, 0.15) is 11.6 Å². The lowest BCUT2D eigenvalue weighted by molar-refractivity contribution is -0.115. The van der Waals surface area contributed by atoms with Crippen molar-refractivity contribution in [1.82, 2.24) is 0 Å². The molecular weight excluding hydrogens is 294 g/mol. The van der Waals surface area contributed by atoms with E-state index >= 15 is 0 Å². The first kappa shape index (κ1) is 15.3. The van der Waals surface area contributed by atoms with Crippen molar-refractivity contribution < 1.29 is 13.6 Å². The molecule has 0 aliphatic carbocycles. The Kier molecular flexibility index (Phi) is 5.16. The second kappa shape index (κ2) is 7.08. The molecule has 0 spiro atoms. The molecular formula is C15H14F2N2OS. The van der Waals surface area contributed by atoms with E-state index in [1.807, 2.05) is 0 Å². The van der Waals surface area contributed by atoms with Gasteiger partial charge in [-0.3, -0.25) is 4.79 Å². The largest absolute Gasteiger partial charge is 0.396 e. The van der Waals surface area contributed by atoms with Crippen LogP contribution in [-0.4, -0.2) is 11.7 Å². The van der Waals surface area contributed by atoms with Crippen molar-refractivity contribution in [3.63, 3.8) is 0 Å². The minimum atomic E-state index is -0.476. The lowest BCUT2D eigenvalue weighted by Crippen LogP contribution is -2.13. The van der Waals surface area contributed by atoms with Gasteiger partial charge in [-0.1, -0.05) is 12.1 Å². The van der Waals surface area contributed by atoms with Gasteiger partial charge in [-0.05, 0) is 30.3 Å². The van der Waals surface area contributed by atoms with Crippen molar-refractivity contribution in [3.8, 4) is 0 Å². The molecule has 0 heterocycles. The van der Waals surface area contributed by atoms with Crippen LogP contribution in [0.5, 0.6) is 0 Å². The molecule has 0 saturated heterocycles. The number of halogens is 2. The molecule has 2 aromatic rings. The highest BCUT2D eigenvalue weighted by Crippen LogP contribution is 2.22. The van der Waals surface area contributed by atoms with Gasteiger partial charge in [0.25, 0.3) is 0 Å². The van der Waals surface area contributed by atoms with Crippen LogP contribution in [-0.2, 0) is 4.79 Å². The fourth-order valence-corrected chi connectivity index (χ4v) is 2.51. The van der Waals surface area contributed by atoms with Gasteiger partial charge < -0.3 is 11.1 Å². The minimum Gasteiger partial charge on any atom is -0.396 e. The van der Waals surface area contributed by atoms with Crippen LogP contribution >= 0.6 is 11.8 Å². The molecule has 1 amide bonds. The highest BCUT2D eigenvalue weighted by atomic mass is 32.2. The first-order chi connectivity index (χ1) is 10.1. The highest BCUT2D eigenvalue weighted by molar-refractivity contribution is 7.99. The smallest absolute Gasteiger partial charge is 0.225 e. The predicted molar refractivity (Wildman–Crippen MR) is 81.2 cm³/mol. The van der Waals surface area contributed by atoms with E-state index in [2.05, 4.69) is 5.32 Å². The van der Waals surface area contributed by atoms with Crippen molar-refractivity contribution in [3.05, 3.63) is 54.1 Å².